The Bertz CT molecular complexity index is 1080. The SMILES string of the molecule is CS/C(=N\C1(c2ccccc2)N(c2ccccc2)CC(c2ccccc2)=[N+]1[O-])N(C)C. The summed E-state index contributed by atoms with van der Waals surface area (Å²) in [7, 11) is 3.90. The van der Waals surface area contributed by atoms with E-state index in [2.05, 4.69) is 4.90 Å². The lowest BCUT2D eigenvalue weighted by Crippen LogP contribution is -2.48. The van der Waals surface area contributed by atoms with Crippen molar-refractivity contribution >= 4 is 28.3 Å². The van der Waals surface area contributed by atoms with Gasteiger partial charge < -0.3 is 10.1 Å². The van der Waals surface area contributed by atoms with Crippen LogP contribution in [0.5, 0.6) is 0 Å². The molecule has 6 heteroatoms. The lowest BCUT2D eigenvalue weighted by atomic mass is 10.1. The van der Waals surface area contributed by atoms with E-state index in [-0.39, 0.29) is 0 Å². The molecule has 0 radical (unpaired) electrons. The van der Waals surface area contributed by atoms with Gasteiger partial charge in [-0.05, 0) is 42.7 Å². The summed E-state index contributed by atoms with van der Waals surface area (Å²) in [6, 6.07) is 29.7. The molecule has 3 aromatic carbocycles. The number of hydrogen-bond donors (Lipinski definition) is 0. The Kier molecular flexibility index (Phi) is 6.00. The van der Waals surface area contributed by atoms with Crippen LogP contribution in [0.15, 0.2) is 96.0 Å². The number of para-hydroxylation sites is 1. The van der Waals surface area contributed by atoms with Crippen LogP contribution in [0.1, 0.15) is 11.1 Å². The molecule has 1 aliphatic heterocycles. The second-order valence-electron chi connectivity index (χ2n) is 7.52. The molecule has 31 heavy (non-hydrogen) atoms. The fourth-order valence-electron chi connectivity index (χ4n) is 3.91. The molecule has 0 aromatic heterocycles. The van der Waals surface area contributed by atoms with E-state index in [1.807, 2.05) is 116 Å². The smallest absolute Gasteiger partial charge is 0.379 e. The zero-order valence-electron chi connectivity index (χ0n) is 18.0. The van der Waals surface area contributed by atoms with Gasteiger partial charge in [0.25, 0.3) is 0 Å². The first-order valence-electron chi connectivity index (χ1n) is 10.2. The van der Waals surface area contributed by atoms with Crippen LogP contribution < -0.4 is 4.90 Å². The maximum Gasteiger partial charge on any atom is 0.379 e. The Balaban J connectivity index is 2.04. The molecule has 0 saturated carbocycles. The van der Waals surface area contributed by atoms with Gasteiger partial charge in [-0.15, -0.1) is 0 Å². The molecule has 0 spiro atoms. The summed E-state index contributed by atoms with van der Waals surface area (Å²) in [5, 5.41) is 15.0. The van der Waals surface area contributed by atoms with Crippen molar-refractivity contribution in [2.75, 3.05) is 31.8 Å². The second kappa shape index (κ2) is 8.86. The normalized spacial score (nSPS) is 19.1. The molecular weight excluding hydrogens is 404 g/mol. The van der Waals surface area contributed by atoms with Gasteiger partial charge in [0.05, 0.1) is 5.56 Å². The molecule has 0 fully saturated rings. The monoisotopic (exact) mass is 430 g/mol. The topological polar surface area (TPSA) is 44.9 Å². The molecule has 1 aliphatic rings. The van der Waals surface area contributed by atoms with Crippen LogP contribution in [-0.2, 0) is 5.79 Å². The largest absolute Gasteiger partial charge is 0.620 e. The first-order valence-corrected chi connectivity index (χ1v) is 11.4. The highest BCUT2D eigenvalue weighted by atomic mass is 32.2. The predicted molar refractivity (Wildman–Crippen MR) is 131 cm³/mol. The number of amidine groups is 1. The molecule has 1 unspecified atom stereocenters. The fraction of sp³-hybridized carbons (Fsp3) is 0.200. The Morgan fingerprint density at radius 3 is 2.03 bits per heavy atom. The van der Waals surface area contributed by atoms with E-state index in [1.54, 1.807) is 0 Å². The van der Waals surface area contributed by atoms with E-state index in [4.69, 9.17) is 4.99 Å². The zero-order chi connectivity index (χ0) is 21.8. The molecule has 3 aromatic rings. The van der Waals surface area contributed by atoms with Gasteiger partial charge in [0.1, 0.15) is 6.54 Å². The van der Waals surface area contributed by atoms with Crippen molar-refractivity contribution in [2.24, 2.45) is 4.99 Å². The van der Waals surface area contributed by atoms with Crippen LogP contribution in [0.2, 0.25) is 0 Å². The third-order valence-electron chi connectivity index (χ3n) is 5.37. The lowest BCUT2D eigenvalue weighted by molar-refractivity contribution is -0.547. The van der Waals surface area contributed by atoms with Gasteiger partial charge in [-0.25, -0.2) is 0 Å². The molecule has 158 valence electrons. The van der Waals surface area contributed by atoms with Crippen LogP contribution in [0.3, 0.4) is 0 Å². The molecule has 0 bridgehead atoms. The molecule has 5 nitrogen and oxygen atoms in total. The van der Waals surface area contributed by atoms with Crippen LogP contribution >= 0.6 is 11.8 Å². The highest BCUT2D eigenvalue weighted by Gasteiger charge is 2.55. The van der Waals surface area contributed by atoms with Crippen molar-refractivity contribution < 1.29 is 4.74 Å². The zero-order valence-corrected chi connectivity index (χ0v) is 18.8. The summed E-state index contributed by atoms with van der Waals surface area (Å²) in [5.74, 6) is -1.25. The van der Waals surface area contributed by atoms with Crippen LogP contribution in [0.4, 0.5) is 5.69 Å². The summed E-state index contributed by atoms with van der Waals surface area (Å²) in [6.45, 7) is 0.449. The number of thioether (sulfide) groups is 1. The average Bonchev–Trinajstić information content (AvgIpc) is 3.12. The van der Waals surface area contributed by atoms with Crippen molar-refractivity contribution in [2.45, 2.75) is 5.79 Å². The summed E-state index contributed by atoms with van der Waals surface area (Å²) in [6.07, 6.45) is 1.98. The van der Waals surface area contributed by atoms with Crippen molar-refractivity contribution in [3.8, 4) is 0 Å². The number of hydroxylamine groups is 1. The third kappa shape index (κ3) is 3.79. The van der Waals surface area contributed by atoms with Gasteiger partial charge in [-0.2, -0.15) is 9.73 Å². The molecular formula is C25H26N4OS. The first-order chi connectivity index (χ1) is 15.1. The quantitative estimate of drug-likeness (QED) is 0.263. The van der Waals surface area contributed by atoms with Gasteiger partial charge >= 0.3 is 5.79 Å². The minimum Gasteiger partial charge on any atom is -0.620 e. The van der Waals surface area contributed by atoms with E-state index in [0.29, 0.717) is 12.3 Å². The highest BCUT2D eigenvalue weighted by Crippen LogP contribution is 2.40. The van der Waals surface area contributed by atoms with Gasteiger partial charge in [0.15, 0.2) is 5.17 Å². The predicted octanol–water partition coefficient (Wildman–Crippen LogP) is 4.60. The van der Waals surface area contributed by atoms with Crippen LogP contribution in [0.25, 0.3) is 0 Å². The molecule has 4 rings (SSSR count). The molecule has 0 amide bonds. The Morgan fingerprint density at radius 2 is 1.48 bits per heavy atom. The van der Waals surface area contributed by atoms with Crippen molar-refractivity contribution in [1.29, 1.82) is 0 Å². The average molecular weight is 431 g/mol. The molecule has 0 aliphatic carbocycles. The summed E-state index contributed by atoms with van der Waals surface area (Å²) >= 11 is 1.53. The van der Waals surface area contributed by atoms with Crippen molar-refractivity contribution in [3.63, 3.8) is 0 Å². The first kappa shape index (κ1) is 21.0. The number of nitrogens with zero attached hydrogens (tertiary/aromatic N) is 4. The third-order valence-corrected chi connectivity index (χ3v) is 6.19. The Morgan fingerprint density at radius 1 is 0.935 bits per heavy atom. The lowest BCUT2D eigenvalue weighted by Gasteiger charge is -2.34. The van der Waals surface area contributed by atoms with Gasteiger partial charge in [0, 0.05) is 25.3 Å². The molecule has 0 N–H and O–H groups in total. The van der Waals surface area contributed by atoms with Crippen LogP contribution in [-0.4, -0.2) is 47.4 Å². The van der Waals surface area contributed by atoms with E-state index >= 15 is 0 Å². The Labute approximate surface area is 187 Å². The minimum absolute atomic E-state index is 0.449. The number of anilines is 1. The van der Waals surface area contributed by atoms with E-state index in [0.717, 1.165) is 26.7 Å². The minimum atomic E-state index is -1.25. The van der Waals surface area contributed by atoms with Gasteiger partial charge in [-0.1, -0.05) is 66.4 Å². The van der Waals surface area contributed by atoms with Crippen molar-refractivity contribution in [3.05, 3.63) is 107 Å². The maximum atomic E-state index is 14.2. The van der Waals surface area contributed by atoms with Crippen molar-refractivity contribution in [1.82, 2.24) is 4.90 Å². The van der Waals surface area contributed by atoms with E-state index in [9.17, 15) is 5.21 Å². The Hall–Kier alpha value is -3.25. The second-order valence-corrected chi connectivity index (χ2v) is 8.30. The molecule has 0 saturated heterocycles. The van der Waals surface area contributed by atoms with Crippen LogP contribution in [0, 0.1) is 5.21 Å². The van der Waals surface area contributed by atoms with E-state index < -0.39 is 5.79 Å². The number of aliphatic imine (C=N–C) groups is 1. The molecule has 1 heterocycles. The summed E-state index contributed by atoms with van der Waals surface area (Å²) in [4.78, 5) is 9.18. The van der Waals surface area contributed by atoms with Gasteiger partial charge in [-0.3, -0.25) is 4.90 Å². The number of hydrogen-bond acceptors (Lipinski definition) is 4. The summed E-state index contributed by atoms with van der Waals surface area (Å²) in [5.41, 5.74) is 3.37. The van der Waals surface area contributed by atoms with E-state index in [1.165, 1.54) is 11.8 Å². The fourth-order valence-corrected chi connectivity index (χ4v) is 4.49. The molecule has 1 atom stereocenters. The maximum absolute atomic E-state index is 14.2. The van der Waals surface area contributed by atoms with Gasteiger partial charge in [0.2, 0.25) is 5.71 Å². The number of benzene rings is 3. The number of rotatable bonds is 4. The highest BCUT2D eigenvalue weighted by molar-refractivity contribution is 8.13. The standard InChI is InChI=1S/C25H26N4OS/c1-27(2)24(31-3)26-25(21-15-9-5-10-16-21)28(22-17-11-6-12-18-22)19-23(29(25)30)20-13-7-4-8-14-20/h4-18H,19H2,1-3H3/b26-24-. The summed E-state index contributed by atoms with van der Waals surface area (Å²) < 4.78 is 1.09.